The van der Waals surface area contributed by atoms with Crippen molar-refractivity contribution in [3.8, 4) is 0 Å². The van der Waals surface area contributed by atoms with E-state index in [1.165, 1.54) is 28.3 Å². The lowest BCUT2D eigenvalue weighted by Crippen LogP contribution is -2.39. The molecule has 0 radical (unpaired) electrons. The zero-order valence-corrected chi connectivity index (χ0v) is 16.5. The van der Waals surface area contributed by atoms with Gasteiger partial charge >= 0.3 is 0 Å². The molecule has 3 aromatic rings. The van der Waals surface area contributed by atoms with Crippen LogP contribution in [0.1, 0.15) is 46.1 Å². The monoisotopic (exact) mass is 398 g/mol. The fourth-order valence-corrected chi connectivity index (χ4v) is 5.28. The Bertz CT molecular complexity index is 1090. The van der Waals surface area contributed by atoms with E-state index in [1.807, 2.05) is 0 Å². The van der Waals surface area contributed by atoms with Gasteiger partial charge in [-0.05, 0) is 34.6 Å². The van der Waals surface area contributed by atoms with E-state index in [2.05, 4.69) is 53.8 Å². The number of nitrogens with one attached hydrogen (secondary N) is 1. The minimum absolute atomic E-state index is 0.00720. The molecule has 0 fully saturated rings. The number of rotatable bonds is 5. The molecule has 1 atom stereocenters. The van der Waals surface area contributed by atoms with Crippen molar-refractivity contribution < 1.29 is 9.72 Å². The van der Waals surface area contributed by atoms with Crippen molar-refractivity contribution >= 4 is 11.6 Å². The number of nitro groups is 1. The fraction of sp³-hybridized carbons (Fsp3) is 0.240. The first-order valence-corrected chi connectivity index (χ1v) is 10.3. The Morgan fingerprint density at radius 1 is 0.900 bits per heavy atom. The molecular formula is C25H22N2O3. The molecule has 0 aromatic heterocycles. The first-order chi connectivity index (χ1) is 14.6. The molecular weight excluding hydrogens is 376 g/mol. The van der Waals surface area contributed by atoms with Gasteiger partial charge in [0.1, 0.15) is 0 Å². The predicted molar refractivity (Wildman–Crippen MR) is 114 cm³/mol. The molecule has 5 nitrogen and oxygen atoms in total. The molecule has 0 heterocycles. The van der Waals surface area contributed by atoms with Crippen molar-refractivity contribution in [2.75, 3.05) is 6.54 Å². The maximum atomic E-state index is 12.6. The highest BCUT2D eigenvalue weighted by Crippen LogP contribution is 2.55. The summed E-state index contributed by atoms with van der Waals surface area (Å²) in [6.07, 6.45) is 1.02. The maximum Gasteiger partial charge on any atom is 0.273 e. The third kappa shape index (κ3) is 3.07. The number of nitro benzene ring substituents is 1. The maximum absolute atomic E-state index is 12.6. The molecule has 6 rings (SSSR count). The van der Waals surface area contributed by atoms with Crippen molar-refractivity contribution in [2.45, 2.75) is 24.7 Å². The van der Waals surface area contributed by atoms with Gasteiger partial charge in [0.05, 0.1) is 11.3 Å². The lowest BCUT2D eigenvalue weighted by molar-refractivity contribution is -0.385. The Hall–Kier alpha value is -3.47. The first-order valence-electron chi connectivity index (χ1n) is 10.3. The number of hydrogen-bond donors (Lipinski definition) is 1. The van der Waals surface area contributed by atoms with E-state index in [1.54, 1.807) is 18.2 Å². The molecule has 0 saturated carbocycles. The molecule has 3 aliphatic carbocycles. The van der Waals surface area contributed by atoms with Crippen LogP contribution in [0.3, 0.4) is 0 Å². The van der Waals surface area contributed by atoms with Crippen LogP contribution < -0.4 is 5.32 Å². The van der Waals surface area contributed by atoms with Crippen LogP contribution in [0.4, 0.5) is 5.69 Å². The number of amides is 1. The topological polar surface area (TPSA) is 72.2 Å². The molecule has 0 saturated heterocycles. The van der Waals surface area contributed by atoms with Gasteiger partial charge in [0.15, 0.2) is 0 Å². The van der Waals surface area contributed by atoms with Crippen LogP contribution in [0.2, 0.25) is 0 Å². The second-order valence-electron chi connectivity index (χ2n) is 8.15. The zero-order chi connectivity index (χ0) is 20.7. The van der Waals surface area contributed by atoms with E-state index in [9.17, 15) is 14.9 Å². The molecule has 0 spiro atoms. The highest BCUT2D eigenvalue weighted by atomic mass is 16.6. The molecule has 0 aliphatic heterocycles. The van der Waals surface area contributed by atoms with E-state index in [0.717, 1.165) is 6.42 Å². The van der Waals surface area contributed by atoms with Crippen LogP contribution in [-0.2, 0) is 11.2 Å². The smallest absolute Gasteiger partial charge is 0.273 e. The van der Waals surface area contributed by atoms with Crippen LogP contribution >= 0.6 is 0 Å². The van der Waals surface area contributed by atoms with E-state index in [0.29, 0.717) is 23.9 Å². The van der Waals surface area contributed by atoms with E-state index < -0.39 is 4.92 Å². The standard InChI is InChI=1S/C25H22N2O3/c28-24(14-16-7-1-6-12-23(16)27(29)30)26-15-17-13-22-18-8-2-4-10-20(18)25(17)21-11-5-3-9-19(21)22/h1-12,17,22,25H,13-15H2,(H,26,28)/t17-,22?,25?/m0/s1. The lowest BCUT2D eigenvalue weighted by Gasteiger charge is -2.45. The predicted octanol–water partition coefficient (Wildman–Crippen LogP) is 4.55. The summed E-state index contributed by atoms with van der Waals surface area (Å²) in [6.45, 7) is 0.573. The second kappa shape index (κ2) is 7.41. The Kier molecular flexibility index (Phi) is 4.58. The van der Waals surface area contributed by atoms with Crippen molar-refractivity contribution in [3.63, 3.8) is 0 Å². The summed E-state index contributed by atoms with van der Waals surface area (Å²) in [7, 11) is 0. The minimum Gasteiger partial charge on any atom is -0.355 e. The van der Waals surface area contributed by atoms with Gasteiger partial charge < -0.3 is 5.32 Å². The Morgan fingerprint density at radius 2 is 1.47 bits per heavy atom. The number of hydrogen-bond acceptors (Lipinski definition) is 3. The van der Waals surface area contributed by atoms with Crippen LogP contribution in [0, 0.1) is 16.0 Å². The minimum atomic E-state index is -0.434. The van der Waals surface area contributed by atoms with Crippen molar-refractivity contribution in [1.29, 1.82) is 0 Å². The average molecular weight is 398 g/mol. The molecule has 150 valence electrons. The van der Waals surface area contributed by atoms with Gasteiger partial charge in [-0.3, -0.25) is 14.9 Å². The summed E-state index contributed by atoms with van der Waals surface area (Å²) in [5.41, 5.74) is 5.98. The molecule has 0 unspecified atom stereocenters. The zero-order valence-electron chi connectivity index (χ0n) is 16.5. The second-order valence-corrected chi connectivity index (χ2v) is 8.15. The third-order valence-corrected chi connectivity index (χ3v) is 6.52. The third-order valence-electron chi connectivity index (χ3n) is 6.52. The summed E-state index contributed by atoms with van der Waals surface area (Å²) < 4.78 is 0. The van der Waals surface area contributed by atoms with Gasteiger partial charge in [-0.15, -0.1) is 0 Å². The first kappa shape index (κ1) is 18.6. The Balaban J connectivity index is 1.35. The van der Waals surface area contributed by atoms with Crippen LogP contribution in [-0.4, -0.2) is 17.4 Å². The summed E-state index contributed by atoms with van der Waals surface area (Å²) in [4.78, 5) is 23.4. The van der Waals surface area contributed by atoms with Gasteiger partial charge in [0.2, 0.25) is 5.91 Å². The fourth-order valence-electron chi connectivity index (χ4n) is 5.28. The van der Waals surface area contributed by atoms with Gasteiger partial charge in [-0.2, -0.15) is 0 Å². The number of benzene rings is 3. The van der Waals surface area contributed by atoms with Crippen LogP contribution in [0.25, 0.3) is 0 Å². The Morgan fingerprint density at radius 3 is 2.10 bits per heavy atom. The summed E-state index contributed by atoms with van der Waals surface area (Å²) in [5.74, 6) is 0.773. The number of carbonyl (C=O) groups is 1. The van der Waals surface area contributed by atoms with E-state index in [4.69, 9.17) is 0 Å². The van der Waals surface area contributed by atoms with Crippen molar-refractivity contribution in [1.82, 2.24) is 5.32 Å². The largest absolute Gasteiger partial charge is 0.355 e. The van der Waals surface area contributed by atoms with Gasteiger partial charge in [0, 0.05) is 30.0 Å². The van der Waals surface area contributed by atoms with Gasteiger partial charge in [-0.1, -0.05) is 66.7 Å². The lowest BCUT2D eigenvalue weighted by atomic mass is 9.59. The normalized spacial score (nSPS) is 20.9. The van der Waals surface area contributed by atoms with Crippen molar-refractivity contribution in [2.24, 2.45) is 5.92 Å². The molecule has 5 heteroatoms. The average Bonchev–Trinajstić information content (AvgIpc) is 2.78. The molecule has 1 amide bonds. The van der Waals surface area contributed by atoms with E-state index >= 15 is 0 Å². The van der Waals surface area contributed by atoms with Crippen LogP contribution in [0.5, 0.6) is 0 Å². The number of nitrogens with zero attached hydrogens (tertiary/aromatic N) is 1. The van der Waals surface area contributed by atoms with Gasteiger partial charge in [-0.25, -0.2) is 0 Å². The highest BCUT2D eigenvalue weighted by molar-refractivity contribution is 5.79. The Labute approximate surface area is 174 Å². The highest BCUT2D eigenvalue weighted by Gasteiger charge is 2.42. The molecule has 3 aliphatic rings. The molecule has 3 aromatic carbocycles. The molecule has 1 N–H and O–H groups in total. The quantitative estimate of drug-likeness (QED) is 0.506. The number of carbonyl (C=O) groups excluding carboxylic acids is 1. The van der Waals surface area contributed by atoms with Crippen molar-refractivity contribution in [3.05, 3.63) is 111 Å². The van der Waals surface area contributed by atoms with E-state index in [-0.39, 0.29) is 23.9 Å². The summed E-state index contributed by atoms with van der Waals surface area (Å²) >= 11 is 0. The number of para-hydroxylation sites is 1. The summed E-state index contributed by atoms with van der Waals surface area (Å²) in [6, 6.07) is 23.7. The molecule has 2 bridgehead atoms. The summed E-state index contributed by atoms with van der Waals surface area (Å²) in [5, 5.41) is 14.3. The number of fused-ring (bicyclic) bond motifs is 1. The SMILES string of the molecule is O=C(Cc1ccccc1[N+](=O)[O-])NC[C@@H]1CC2c3ccccc3C1c1ccccc12. The van der Waals surface area contributed by atoms with Gasteiger partial charge in [0.25, 0.3) is 5.69 Å². The van der Waals surface area contributed by atoms with Crippen LogP contribution in [0.15, 0.2) is 72.8 Å². The molecule has 30 heavy (non-hydrogen) atoms.